The minimum Gasteiger partial charge on any atom is -0.378 e. The van der Waals surface area contributed by atoms with Crippen LogP contribution in [-0.4, -0.2) is 76.0 Å². The molecule has 2 saturated heterocycles. The summed E-state index contributed by atoms with van der Waals surface area (Å²) in [6, 6.07) is 11.5. The third-order valence-corrected chi connectivity index (χ3v) is 8.39. The molecule has 1 aromatic carbocycles. The maximum Gasteiger partial charge on any atom is 0.254 e. The Hall–Kier alpha value is -1.94. The van der Waals surface area contributed by atoms with Gasteiger partial charge in [0.05, 0.1) is 18.8 Å². The molecule has 9 heteroatoms. The van der Waals surface area contributed by atoms with Crippen molar-refractivity contribution in [3.8, 4) is 0 Å². The van der Waals surface area contributed by atoms with Crippen LogP contribution in [0.4, 0.5) is 5.69 Å². The molecule has 0 spiro atoms. The molecular formula is C19H23N3O4S2. The molecule has 3 heterocycles. The van der Waals surface area contributed by atoms with Crippen LogP contribution in [0.25, 0.3) is 0 Å². The van der Waals surface area contributed by atoms with Gasteiger partial charge in [0.25, 0.3) is 15.9 Å². The van der Waals surface area contributed by atoms with Crippen LogP contribution in [0, 0.1) is 0 Å². The second kappa shape index (κ2) is 8.20. The summed E-state index contributed by atoms with van der Waals surface area (Å²) in [5.41, 5.74) is 1.54. The van der Waals surface area contributed by atoms with Crippen molar-refractivity contribution >= 4 is 33.0 Å². The fraction of sp³-hybridized carbons (Fsp3) is 0.421. The first-order valence-corrected chi connectivity index (χ1v) is 11.6. The smallest absolute Gasteiger partial charge is 0.254 e. The molecule has 150 valence electrons. The Morgan fingerprint density at radius 2 is 1.64 bits per heavy atom. The summed E-state index contributed by atoms with van der Waals surface area (Å²) in [7, 11) is -3.58. The molecule has 4 rings (SSSR count). The molecule has 2 aliphatic heterocycles. The van der Waals surface area contributed by atoms with Crippen molar-refractivity contribution < 1.29 is 17.9 Å². The second-order valence-corrected chi connectivity index (χ2v) is 9.86. The van der Waals surface area contributed by atoms with Gasteiger partial charge in [-0.25, -0.2) is 8.42 Å². The molecule has 0 bridgehead atoms. The lowest BCUT2D eigenvalue weighted by Crippen LogP contribution is -2.48. The van der Waals surface area contributed by atoms with Gasteiger partial charge in [-0.2, -0.15) is 4.31 Å². The summed E-state index contributed by atoms with van der Waals surface area (Å²) in [6.45, 7) is 4.28. The highest BCUT2D eigenvalue weighted by Crippen LogP contribution is 2.26. The van der Waals surface area contributed by atoms with E-state index >= 15 is 0 Å². The molecule has 0 aliphatic carbocycles. The number of hydrogen-bond acceptors (Lipinski definition) is 6. The lowest BCUT2D eigenvalue weighted by molar-refractivity contribution is 0.0303. The Labute approximate surface area is 169 Å². The van der Waals surface area contributed by atoms with Gasteiger partial charge in [-0.15, -0.1) is 11.3 Å². The van der Waals surface area contributed by atoms with Gasteiger partial charge in [0.15, 0.2) is 0 Å². The quantitative estimate of drug-likeness (QED) is 0.752. The van der Waals surface area contributed by atoms with E-state index in [9.17, 15) is 13.2 Å². The zero-order valence-corrected chi connectivity index (χ0v) is 17.1. The highest BCUT2D eigenvalue weighted by molar-refractivity contribution is 7.91. The van der Waals surface area contributed by atoms with E-state index in [0.29, 0.717) is 58.0 Å². The first kappa shape index (κ1) is 19.4. The Bertz CT molecular complexity index is 916. The monoisotopic (exact) mass is 421 g/mol. The van der Waals surface area contributed by atoms with Crippen LogP contribution in [0.15, 0.2) is 46.0 Å². The van der Waals surface area contributed by atoms with Gasteiger partial charge in [0.1, 0.15) is 4.21 Å². The molecule has 7 nitrogen and oxygen atoms in total. The van der Waals surface area contributed by atoms with Crippen molar-refractivity contribution in [2.45, 2.75) is 4.21 Å². The van der Waals surface area contributed by atoms with E-state index in [1.165, 1.54) is 10.4 Å². The highest BCUT2D eigenvalue weighted by atomic mass is 32.2. The molecule has 0 radical (unpaired) electrons. The van der Waals surface area contributed by atoms with Gasteiger partial charge in [0.2, 0.25) is 0 Å². The van der Waals surface area contributed by atoms with Gasteiger partial charge in [-0.3, -0.25) is 4.79 Å². The topological polar surface area (TPSA) is 70.2 Å². The maximum atomic E-state index is 13.0. The molecule has 2 aliphatic rings. The SMILES string of the molecule is O=C(c1csc(S(=O)(=O)N2CCN(c3ccccc3)CC2)c1)N1CCOCC1. The number of sulfonamides is 1. The number of thiophene rings is 1. The van der Waals surface area contributed by atoms with E-state index < -0.39 is 10.0 Å². The molecule has 0 unspecified atom stereocenters. The standard InChI is InChI=1S/C19H23N3O4S2/c23-19(21-10-12-26-13-11-21)16-14-18(27-15-16)28(24,25)22-8-6-20(7-9-22)17-4-2-1-3-5-17/h1-5,14-15H,6-13H2. The van der Waals surface area contributed by atoms with Crippen molar-refractivity contribution in [2.75, 3.05) is 57.4 Å². The Morgan fingerprint density at radius 3 is 2.32 bits per heavy atom. The third-order valence-electron chi connectivity index (χ3n) is 5.07. The largest absolute Gasteiger partial charge is 0.378 e. The fourth-order valence-electron chi connectivity index (χ4n) is 3.47. The molecule has 28 heavy (non-hydrogen) atoms. The van der Waals surface area contributed by atoms with Crippen LogP contribution >= 0.6 is 11.3 Å². The fourth-order valence-corrected chi connectivity index (χ4v) is 6.19. The predicted molar refractivity (Wildman–Crippen MR) is 108 cm³/mol. The van der Waals surface area contributed by atoms with Gasteiger partial charge < -0.3 is 14.5 Å². The Balaban J connectivity index is 1.43. The van der Waals surface area contributed by atoms with Crippen LogP contribution in [0.1, 0.15) is 10.4 Å². The number of ether oxygens (including phenoxy) is 1. The minimum atomic E-state index is -3.58. The number of morpholine rings is 1. The number of amides is 1. The second-order valence-electron chi connectivity index (χ2n) is 6.79. The molecule has 2 fully saturated rings. The molecule has 0 N–H and O–H groups in total. The Morgan fingerprint density at radius 1 is 0.964 bits per heavy atom. The van der Waals surface area contributed by atoms with Crippen LogP contribution < -0.4 is 4.90 Å². The summed E-state index contributed by atoms with van der Waals surface area (Å²) >= 11 is 1.12. The number of piperazine rings is 1. The van der Waals surface area contributed by atoms with E-state index in [-0.39, 0.29) is 10.1 Å². The van der Waals surface area contributed by atoms with Crippen molar-refractivity contribution in [3.05, 3.63) is 47.3 Å². The number of hydrogen-bond donors (Lipinski definition) is 0. The van der Waals surface area contributed by atoms with E-state index in [0.717, 1.165) is 17.0 Å². The van der Waals surface area contributed by atoms with Crippen LogP contribution in [-0.2, 0) is 14.8 Å². The lowest BCUT2D eigenvalue weighted by atomic mass is 10.2. The van der Waals surface area contributed by atoms with Crippen LogP contribution in [0.5, 0.6) is 0 Å². The summed E-state index contributed by atoms with van der Waals surface area (Å²) in [5, 5.41) is 1.64. The third kappa shape index (κ3) is 3.93. The summed E-state index contributed by atoms with van der Waals surface area (Å²) < 4.78 is 33.0. The van der Waals surface area contributed by atoms with E-state index in [1.54, 1.807) is 10.3 Å². The molecule has 0 atom stereocenters. The number of para-hydroxylation sites is 1. The van der Waals surface area contributed by atoms with Crippen molar-refractivity contribution in [3.63, 3.8) is 0 Å². The zero-order valence-electron chi connectivity index (χ0n) is 15.5. The number of benzene rings is 1. The number of anilines is 1. The number of carbonyl (C=O) groups is 1. The van der Waals surface area contributed by atoms with Crippen LogP contribution in [0.3, 0.4) is 0 Å². The van der Waals surface area contributed by atoms with Gasteiger partial charge in [-0.05, 0) is 18.2 Å². The number of rotatable bonds is 4. The first-order chi connectivity index (χ1) is 13.6. The average molecular weight is 422 g/mol. The molecule has 1 aromatic heterocycles. The molecule has 2 aromatic rings. The first-order valence-electron chi connectivity index (χ1n) is 9.31. The van der Waals surface area contributed by atoms with Gasteiger partial charge in [0, 0.05) is 50.3 Å². The number of carbonyl (C=O) groups excluding carboxylic acids is 1. The average Bonchev–Trinajstić information content (AvgIpc) is 3.26. The van der Waals surface area contributed by atoms with E-state index in [4.69, 9.17) is 4.74 Å². The van der Waals surface area contributed by atoms with E-state index in [1.807, 2.05) is 30.3 Å². The van der Waals surface area contributed by atoms with Gasteiger partial charge >= 0.3 is 0 Å². The summed E-state index contributed by atoms with van der Waals surface area (Å²) in [5.74, 6) is -0.130. The van der Waals surface area contributed by atoms with Gasteiger partial charge in [-0.1, -0.05) is 18.2 Å². The normalized spacial score (nSPS) is 19.0. The maximum absolute atomic E-state index is 13.0. The molecule has 0 saturated carbocycles. The van der Waals surface area contributed by atoms with Crippen LogP contribution in [0.2, 0.25) is 0 Å². The van der Waals surface area contributed by atoms with Crippen molar-refractivity contribution in [2.24, 2.45) is 0 Å². The minimum absolute atomic E-state index is 0.130. The summed E-state index contributed by atoms with van der Waals surface area (Å²) in [4.78, 5) is 16.5. The Kier molecular flexibility index (Phi) is 5.68. The van der Waals surface area contributed by atoms with E-state index in [2.05, 4.69) is 4.90 Å². The zero-order chi connectivity index (χ0) is 19.6. The van der Waals surface area contributed by atoms with Crippen molar-refractivity contribution in [1.82, 2.24) is 9.21 Å². The highest BCUT2D eigenvalue weighted by Gasteiger charge is 2.31. The lowest BCUT2D eigenvalue weighted by Gasteiger charge is -2.35. The number of nitrogens with zero attached hydrogens (tertiary/aromatic N) is 3. The molecule has 1 amide bonds. The summed E-state index contributed by atoms with van der Waals surface area (Å²) in [6.07, 6.45) is 0. The predicted octanol–water partition coefficient (Wildman–Crippen LogP) is 1.73. The van der Waals surface area contributed by atoms with Crippen molar-refractivity contribution in [1.29, 1.82) is 0 Å². The molecular weight excluding hydrogens is 398 g/mol.